The third-order valence-corrected chi connectivity index (χ3v) is 2.53. The van der Waals surface area contributed by atoms with Crippen LogP contribution in [0.25, 0.3) is 0 Å². The van der Waals surface area contributed by atoms with E-state index in [-0.39, 0.29) is 6.29 Å². The molecule has 1 aliphatic rings. The van der Waals surface area contributed by atoms with E-state index in [1.54, 1.807) is 0 Å². The van der Waals surface area contributed by atoms with Crippen LogP contribution in [0.15, 0.2) is 18.5 Å². The van der Waals surface area contributed by atoms with E-state index in [0.717, 1.165) is 45.4 Å². The van der Waals surface area contributed by atoms with Gasteiger partial charge in [-0.05, 0) is 31.7 Å². The van der Waals surface area contributed by atoms with Crippen molar-refractivity contribution >= 4 is 0 Å². The zero-order valence-electron chi connectivity index (χ0n) is 8.97. The van der Waals surface area contributed by atoms with Crippen molar-refractivity contribution < 1.29 is 9.47 Å². The van der Waals surface area contributed by atoms with Gasteiger partial charge in [-0.15, -0.1) is 0 Å². The number of ether oxygens (including phenoxy) is 2. The van der Waals surface area contributed by atoms with E-state index >= 15 is 0 Å². The SMILES string of the molecule is c1cnn(CCCCC2OCCCO2)c1. The lowest BCUT2D eigenvalue weighted by molar-refractivity contribution is -0.181. The van der Waals surface area contributed by atoms with Gasteiger partial charge in [0.1, 0.15) is 0 Å². The molecular formula is C11H18N2O2. The Hall–Kier alpha value is -0.870. The lowest BCUT2D eigenvalue weighted by atomic mass is 10.2. The zero-order chi connectivity index (χ0) is 10.3. The number of aromatic nitrogens is 2. The van der Waals surface area contributed by atoms with E-state index in [1.165, 1.54) is 0 Å². The molecule has 0 aliphatic carbocycles. The van der Waals surface area contributed by atoms with E-state index in [1.807, 2.05) is 23.1 Å². The molecule has 2 heterocycles. The molecule has 1 fully saturated rings. The summed E-state index contributed by atoms with van der Waals surface area (Å²) in [5, 5.41) is 4.15. The molecule has 1 aromatic heterocycles. The van der Waals surface area contributed by atoms with Crippen LogP contribution in [0.5, 0.6) is 0 Å². The van der Waals surface area contributed by atoms with Crippen molar-refractivity contribution in [3.63, 3.8) is 0 Å². The highest BCUT2D eigenvalue weighted by Crippen LogP contribution is 2.12. The van der Waals surface area contributed by atoms with E-state index in [9.17, 15) is 0 Å². The van der Waals surface area contributed by atoms with Crippen molar-refractivity contribution in [1.82, 2.24) is 9.78 Å². The predicted octanol–water partition coefficient (Wildman–Crippen LogP) is 1.82. The van der Waals surface area contributed by atoms with Gasteiger partial charge in [0.05, 0.1) is 13.2 Å². The Kier molecular flexibility index (Phi) is 4.17. The maximum Gasteiger partial charge on any atom is 0.157 e. The second-order valence-electron chi connectivity index (χ2n) is 3.79. The predicted molar refractivity (Wildman–Crippen MR) is 56.4 cm³/mol. The van der Waals surface area contributed by atoms with Crippen LogP contribution in [0.4, 0.5) is 0 Å². The van der Waals surface area contributed by atoms with E-state index in [4.69, 9.17) is 9.47 Å². The summed E-state index contributed by atoms with van der Waals surface area (Å²) in [6.45, 7) is 2.69. The highest BCUT2D eigenvalue weighted by molar-refractivity contribution is 4.77. The molecule has 0 amide bonds. The Morgan fingerprint density at radius 2 is 2.13 bits per heavy atom. The molecular weight excluding hydrogens is 192 g/mol. The third-order valence-electron chi connectivity index (χ3n) is 2.53. The lowest BCUT2D eigenvalue weighted by Crippen LogP contribution is -2.24. The first-order valence-electron chi connectivity index (χ1n) is 5.66. The Morgan fingerprint density at radius 1 is 1.27 bits per heavy atom. The minimum absolute atomic E-state index is 0.0383. The zero-order valence-corrected chi connectivity index (χ0v) is 8.97. The van der Waals surface area contributed by atoms with Crippen molar-refractivity contribution in [2.45, 2.75) is 38.5 Å². The van der Waals surface area contributed by atoms with Crippen molar-refractivity contribution in [1.29, 1.82) is 0 Å². The maximum atomic E-state index is 5.47. The van der Waals surface area contributed by atoms with Crippen LogP contribution in [-0.4, -0.2) is 29.3 Å². The van der Waals surface area contributed by atoms with Gasteiger partial charge in [0.25, 0.3) is 0 Å². The van der Waals surface area contributed by atoms with Gasteiger partial charge in [-0.1, -0.05) is 0 Å². The molecule has 0 atom stereocenters. The van der Waals surface area contributed by atoms with Gasteiger partial charge in [0.2, 0.25) is 0 Å². The second kappa shape index (κ2) is 5.88. The molecule has 15 heavy (non-hydrogen) atoms. The summed E-state index contributed by atoms with van der Waals surface area (Å²) in [7, 11) is 0. The van der Waals surface area contributed by atoms with E-state index < -0.39 is 0 Å². The van der Waals surface area contributed by atoms with Crippen molar-refractivity contribution in [2.24, 2.45) is 0 Å². The topological polar surface area (TPSA) is 36.3 Å². The fourth-order valence-electron chi connectivity index (χ4n) is 1.72. The smallest absolute Gasteiger partial charge is 0.157 e. The Bertz CT molecular complexity index is 256. The number of rotatable bonds is 5. The van der Waals surface area contributed by atoms with Gasteiger partial charge in [0, 0.05) is 18.9 Å². The molecule has 0 radical (unpaired) electrons. The van der Waals surface area contributed by atoms with Crippen molar-refractivity contribution in [3.05, 3.63) is 18.5 Å². The number of aryl methyl sites for hydroxylation is 1. The van der Waals surface area contributed by atoms with Crippen LogP contribution in [-0.2, 0) is 16.0 Å². The second-order valence-corrected chi connectivity index (χ2v) is 3.79. The molecule has 1 aromatic rings. The highest BCUT2D eigenvalue weighted by Gasteiger charge is 2.12. The third kappa shape index (κ3) is 3.64. The number of hydrogen-bond donors (Lipinski definition) is 0. The van der Waals surface area contributed by atoms with Crippen LogP contribution in [0.3, 0.4) is 0 Å². The minimum atomic E-state index is 0.0383. The first-order valence-corrected chi connectivity index (χ1v) is 5.66. The minimum Gasteiger partial charge on any atom is -0.353 e. The van der Waals surface area contributed by atoms with Gasteiger partial charge in [0.15, 0.2) is 6.29 Å². The quantitative estimate of drug-likeness (QED) is 0.695. The van der Waals surface area contributed by atoms with Gasteiger partial charge in [-0.2, -0.15) is 5.10 Å². The standard InChI is InChI=1S/C11H18N2O2/c1(2-7-13-8-3-6-12-13)5-11-14-9-4-10-15-11/h3,6,8,11H,1-2,4-5,7,9-10H2. The Labute approximate surface area is 90.2 Å². The molecule has 0 spiro atoms. The first kappa shape index (κ1) is 10.6. The molecule has 0 saturated carbocycles. The number of hydrogen-bond acceptors (Lipinski definition) is 3. The molecule has 4 heteroatoms. The summed E-state index contributed by atoms with van der Waals surface area (Å²) in [5.74, 6) is 0. The molecule has 84 valence electrons. The molecule has 0 aromatic carbocycles. The van der Waals surface area contributed by atoms with Gasteiger partial charge in [-0.3, -0.25) is 4.68 Å². The molecule has 0 unspecified atom stereocenters. The summed E-state index contributed by atoms with van der Waals surface area (Å²) >= 11 is 0. The van der Waals surface area contributed by atoms with Crippen molar-refractivity contribution in [2.75, 3.05) is 13.2 Å². The highest BCUT2D eigenvalue weighted by atomic mass is 16.7. The van der Waals surface area contributed by atoms with E-state index in [0.29, 0.717) is 0 Å². The monoisotopic (exact) mass is 210 g/mol. The fraction of sp³-hybridized carbons (Fsp3) is 0.727. The Balaban J connectivity index is 1.54. The first-order chi connectivity index (χ1) is 7.45. The van der Waals surface area contributed by atoms with Crippen LogP contribution >= 0.6 is 0 Å². The summed E-state index contributed by atoms with van der Waals surface area (Å²) in [5.41, 5.74) is 0. The summed E-state index contributed by atoms with van der Waals surface area (Å²) < 4.78 is 12.9. The van der Waals surface area contributed by atoms with Gasteiger partial charge in [-0.25, -0.2) is 0 Å². The summed E-state index contributed by atoms with van der Waals surface area (Å²) in [6.07, 6.45) is 8.14. The normalized spacial score (nSPS) is 18.1. The fourth-order valence-corrected chi connectivity index (χ4v) is 1.72. The van der Waals surface area contributed by atoms with E-state index in [2.05, 4.69) is 5.10 Å². The van der Waals surface area contributed by atoms with Crippen molar-refractivity contribution in [3.8, 4) is 0 Å². The lowest BCUT2D eigenvalue weighted by Gasteiger charge is -2.22. The van der Waals surface area contributed by atoms with Crippen LogP contribution in [0, 0.1) is 0 Å². The molecule has 2 rings (SSSR count). The van der Waals surface area contributed by atoms with Gasteiger partial charge < -0.3 is 9.47 Å². The molecule has 1 saturated heterocycles. The van der Waals surface area contributed by atoms with Crippen LogP contribution in [0.1, 0.15) is 25.7 Å². The van der Waals surface area contributed by atoms with Crippen LogP contribution < -0.4 is 0 Å². The summed E-state index contributed by atoms with van der Waals surface area (Å²) in [6, 6.07) is 1.95. The number of unbranched alkanes of at least 4 members (excludes halogenated alkanes) is 1. The number of nitrogens with zero attached hydrogens (tertiary/aromatic N) is 2. The largest absolute Gasteiger partial charge is 0.353 e. The molecule has 0 N–H and O–H groups in total. The van der Waals surface area contributed by atoms with Crippen LogP contribution in [0.2, 0.25) is 0 Å². The van der Waals surface area contributed by atoms with Gasteiger partial charge >= 0.3 is 0 Å². The average Bonchev–Trinajstić information content (AvgIpc) is 2.79. The summed E-state index contributed by atoms with van der Waals surface area (Å²) in [4.78, 5) is 0. The molecule has 4 nitrogen and oxygen atoms in total. The average molecular weight is 210 g/mol. The maximum absolute atomic E-state index is 5.47. The molecule has 1 aliphatic heterocycles. The Morgan fingerprint density at radius 3 is 2.87 bits per heavy atom. The molecule has 0 bridgehead atoms.